The summed E-state index contributed by atoms with van der Waals surface area (Å²) in [4.78, 5) is 12.5. The monoisotopic (exact) mass is 268 g/mol. The Morgan fingerprint density at radius 1 is 1.50 bits per heavy atom. The van der Waals surface area contributed by atoms with Crippen LogP contribution in [0.15, 0.2) is 23.1 Å². The summed E-state index contributed by atoms with van der Waals surface area (Å²) >= 11 is 1.44. The zero-order chi connectivity index (χ0) is 13.5. The zero-order valence-corrected chi connectivity index (χ0v) is 11.8. The highest BCUT2D eigenvalue weighted by Gasteiger charge is 2.15. The van der Waals surface area contributed by atoms with Crippen LogP contribution in [-0.4, -0.2) is 24.3 Å². The Bertz CT molecular complexity index is 410. The molecule has 100 valence electrons. The van der Waals surface area contributed by atoms with Gasteiger partial charge < -0.3 is 15.8 Å². The number of nitrogens with one attached hydrogen (secondary N) is 1. The molecule has 5 heteroatoms. The van der Waals surface area contributed by atoms with Crippen LogP contribution in [-0.2, 0) is 4.79 Å². The number of benzene rings is 1. The van der Waals surface area contributed by atoms with E-state index in [0.29, 0.717) is 18.8 Å². The molecule has 1 aromatic carbocycles. The molecule has 1 atom stereocenters. The fraction of sp³-hybridized carbons (Fsp3) is 0.462. The van der Waals surface area contributed by atoms with Crippen LogP contribution in [0.4, 0.5) is 5.69 Å². The van der Waals surface area contributed by atoms with E-state index in [1.165, 1.54) is 11.8 Å². The number of nitrogens with two attached hydrogens (primary N) is 1. The van der Waals surface area contributed by atoms with Gasteiger partial charge in [0.15, 0.2) is 0 Å². The first kappa shape index (κ1) is 14.7. The first-order valence-electron chi connectivity index (χ1n) is 6.05. The van der Waals surface area contributed by atoms with Crippen molar-refractivity contribution in [3.05, 3.63) is 18.2 Å². The smallest absolute Gasteiger partial charge is 0.233 e. The quantitative estimate of drug-likeness (QED) is 0.613. The van der Waals surface area contributed by atoms with Gasteiger partial charge in [-0.2, -0.15) is 0 Å². The van der Waals surface area contributed by atoms with Gasteiger partial charge in [0.05, 0.1) is 11.9 Å². The summed E-state index contributed by atoms with van der Waals surface area (Å²) in [5, 5.41) is 2.62. The summed E-state index contributed by atoms with van der Waals surface area (Å²) in [5.74, 6) is 0.793. The molecule has 0 aliphatic heterocycles. The van der Waals surface area contributed by atoms with Crippen molar-refractivity contribution in [1.29, 1.82) is 0 Å². The lowest BCUT2D eigenvalue weighted by Crippen LogP contribution is -2.30. The average molecular weight is 268 g/mol. The minimum atomic E-state index is -0.177. The van der Waals surface area contributed by atoms with Gasteiger partial charge in [0.25, 0.3) is 0 Å². The van der Waals surface area contributed by atoms with Gasteiger partial charge in [0.1, 0.15) is 5.75 Å². The van der Waals surface area contributed by atoms with Gasteiger partial charge in [-0.3, -0.25) is 4.79 Å². The fourth-order valence-corrected chi connectivity index (χ4v) is 2.39. The summed E-state index contributed by atoms with van der Waals surface area (Å²) in [6.45, 7) is 6.94. The summed E-state index contributed by atoms with van der Waals surface area (Å²) in [6.07, 6.45) is 0. The van der Waals surface area contributed by atoms with Gasteiger partial charge in [-0.25, -0.2) is 0 Å². The van der Waals surface area contributed by atoms with E-state index in [1.54, 1.807) is 6.07 Å². The third-order valence-corrected chi connectivity index (χ3v) is 3.50. The Morgan fingerprint density at radius 3 is 2.83 bits per heavy atom. The van der Waals surface area contributed by atoms with Gasteiger partial charge in [-0.15, -0.1) is 11.8 Å². The molecule has 1 rings (SSSR count). The Hall–Kier alpha value is -1.36. The normalized spacial score (nSPS) is 11.9. The third kappa shape index (κ3) is 4.14. The van der Waals surface area contributed by atoms with Crippen molar-refractivity contribution in [2.75, 3.05) is 18.9 Å². The third-order valence-electron chi connectivity index (χ3n) is 2.32. The summed E-state index contributed by atoms with van der Waals surface area (Å²) in [6, 6.07) is 5.51. The SMILES string of the molecule is CCNC(=O)C(C)Sc1cc(OCC)ccc1N. The molecule has 0 aliphatic carbocycles. The highest BCUT2D eigenvalue weighted by atomic mass is 32.2. The van der Waals surface area contributed by atoms with Gasteiger partial charge in [-0.1, -0.05) is 0 Å². The maximum Gasteiger partial charge on any atom is 0.233 e. The van der Waals surface area contributed by atoms with E-state index in [-0.39, 0.29) is 11.2 Å². The molecule has 0 bridgehead atoms. The lowest BCUT2D eigenvalue weighted by atomic mass is 10.3. The summed E-state index contributed by atoms with van der Waals surface area (Å²) in [7, 11) is 0. The number of ether oxygens (including phenoxy) is 1. The van der Waals surface area contributed by atoms with Crippen LogP contribution >= 0.6 is 11.8 Å². The van der Waals surface area contributed by atoms with Crippen molar-refractivity contribution in [3.8, 4) is 5.75 Å². The van der Waals surface area contributed by atoms with Crippen molar-refractivity contribution in [3.63, 3.8) is 0 Å². The van der Waals surface area contributed by atoms with Crippen molar-refractivity contribution in [2.24, 2.45) is 0 Å². The second kappa shape index (κ2) is 7.16. The van der Waals surface area contributed by atoms with Crippen LogP contribution in [0.3, 0.4) is 0 Å². The van der Waals surface area contributed by atoms with Crippen molar-refractivity contribution in [2.45, 2.75) is 30.9 Å². The molecule has 4 nitrogen and oxygen atoms in total. The molecule has 0 radical (unpaired) electrons. The van der Waals surface area contributed by atoms with E-state index in [4.69, 9.17) is 10.5 Å². The van der Waals surface area contributed by atoms with E-state index in [1.807, 2.05) is 32.9 Å². The second-order valence-electron chi connectivity index (χ2n) is 3.79. The van der Waals surface area contributed by atoms with Gasteiger partial charge >= 0.3 is 0 Å². The van der Waals surface area contributed by atoms with Crippen LogP contribution in [0.2, 0.25) is 0 Å². The van der Waals surface area contributed by atoms with E-state index in [9.17, 15) is 4.79 Å². The number of carbonyl (C=O) groups excluding carboxylic acids is 1. The number of rotatable bonds is 6. The molecule has 1 unspecified atom stereocenters. The lowest BCUT2D eigenvalue weighted by Gasteiger charge is -2.13. The molecule has 0 aromatic heterocycles. The van der Waals surface area contributed by atoms with Gasteiger partial charge in [0, 0.05) is 17.1 Å². The number of hydrogen-bond acceptors (Lipinski definition) is 4. The highest BCUT2D eigenvalue weighted by Crippen LogP contribution is 2.32. The van der Waals surface area contributed by atoms with Crippen LogP contribution in [0.25, 0.3) is 0 Å². The maximum absolute atomic E-state index is 11.7. The Morgan fingerprint density at radius 2 is 2.22 bits per heavy atom. The number of anilines is 1. The standard InChI is InChI=1S/C13H20N2O2S/c1-4-15-13(16)9(3)18-12-8-10(17-5-2)6-7-11(12)14/h6-9H,4-5,14H2,1-3H3,(H,15,16). The lowest BCUT2D eigenvalue weighted by molar-refractivity contribution is -0.120. The van der Waals surface area contributed by atoms with Crippen molar-refractivity contribution in [1.82, 2.24) is 5.32 Å². The number of nitrogen functional groups attached to an aromatic ring is 1. The van der Waals surface area contributed by atoms with E-state index in [0.717, 1.165) is 10.6 Å². The van der Waals surface area contributed by atoms with Crippen LogP contribution < -0.4 is 15.8 Å². The largest absolute Gasteiger partial charge is 0.494 e. The fourth-order valence-electron chi connectivity index (χ4n) is 1.44. The van der Waals surface area contributed by atoms with Gasteiger partial charge in [0.2, 0.25) is 5.91 Å². The molecule has 3 N–H and O–H groups in total. The predicted molar refractivity (Wildman–Crippen MR) is 76.0 cm³/mol. The average Bonchev–Trinajstić information content (AvgIpc) is 2.34. The van der Waals surface area contributed by atoms with E-state index >= 15 is 0 Å². The maximum atomic E-state index is 11.7. The zero-order valence-electron chi connectivity index (χ0n) is 11.0. The molecule has 0 spiro atoms. The van der Waals surface area contributed by atoms with Gasteiger partial charge in [-0.05, 0) is 39.0 Å². The minimum Gasteiger partial charge on any atom is -0.494 e. The predicted octanol–water partition coefficient (Wildman–Crippen LogP) is 2.28. The topological polar surface area (TPSA) is 64.3 Å². The number of carbonyl (C=O) groups is 1. The number of amides is 1. The van der Waals surface area contributed by atoms with Crippen LogP contribution in [0, 0.1) is 0 Å². The molecule has 0 saturated heterocycles. The van der Waals surface area contributed by atoms with Crippen LogP contribution in [0.1, 0.15) is 20.8 Å². The molecule has 1 aromatic rings. The Balaban J connectivity index is 2.76. The van der Waals surface area contributed by atoms with Crippen molar-refractivity contribution < 1.29 is 9.53 Å². The Labute approximate surface area is 112 Å². The number of thioether (sulfide) groups is 1. The molecule has 0 heterocycles. The first-order chi connectivity index (χ1) is 8.58. The molecule has 1 amide bonds. The van der Waals surface area contributed by atoms with Crippen LogP contribution in [0.5, 0.6) is 5.75 Å². The first-order valence-corrected chi connectivity index (χ1v) is 6.93. The number of hydrogen-bond donors (Lipinski definition) is 2. The highest BCUT2D eigenvalue weighted by molar-refractivity contribution is 8.00. The molecule has 0 aliphatic rings. The molecule has 0 fully saturated rings. The second-order valence-corrected chi connectivity index (χ2v) is 5.17. The minimum absolute atomic E-state index is 0.0173. The summed E-state index contributed by atoms with van der Waals surface area (Å²) < 4.78 is 5.42. The van der Waals surface area contributed by atoms with E-state index in [2.05, 4.69) is 5.32 Å². The molecule has 18 heavy (non-hydrogen) atoms. The Kier molecular flexibility index (Phi) is 5.85. The summed E-state index contributed by atoms with van der Waals surface area (Å²) in [5.41, 5.74) is 6.57. The molecular formula is C13H20N2O2S. The molecular weight excluding hydrogens is 248 g/mol. The molecule has 0 saturated carbocycles. The van der Waals surface area contributed by atoms with E-state index < -0.39 is 0 Å². The van der Waals surface area contributed by atoms with Crippen molar-refractivity contribution >= 4 is 23.4 Å².